The second kappa shape index (κ2) is 9.09. The number of hydrogen-bond acceptors (Lipinski definition) is 7. The molecule has 0 bridgehead atoms. The number of allylic oxidation sites excluding steroid dienone is 1. The van der Waals surface area contributed by atoms with E-state index in [1.807, 2.05) is 0 Å². The second-order valence-electron chi connectivity index (χ2n) is 4.40. The first-order valence-corrected chi connectivity index (χ1v) is 6.82. The third-order valence-corrected chi connectivity index (χ3v) is 2.77. The molecule has 0 saturated heterocycles. The van der Waals surface area contributed by atoms with E-state index in [1.54, 1.807) is 6.92 Å². The second-order valence-corrected chi connectivity index (χ2v) is 4.40. The zero-order valence-corrected chi connectivity index (χ0v) is 13.5. The predicted molar refractivity (Wildman–Crippen MR) is 83.5 cm³/mol. The smallest absolute Gasteiger partial charge is 0.339 e. The summed E-state index contributed by atoms with van der Waals surface area (Å²) >= 11 is 0. The Hall–Kier alpha value is -3.16. The van der Waals surface area contributed by atoms with Gasteiger partial charge in [-0.3, -0.25) is 4.79 Å². The van der Waals surface area contributed by atoms with Crippen molar-refractivity contribution in [2.45, 2.75) is 6.92 Å². The van der Waals surface area contributed by atoms with Crippen LogP contribution in [0.15, 0.2) is 30.4 Å². The number of benzene rings is 1. The van der Waals surface area contributed by atoms with Gasteiger partial charge in [-0.1, -0.05) is 6.08 Å². The van der Waals surface area contributed by atoms with Gasteiger partial charge in [0.25, 0.3) is 5.91 Å². The van der Waals surface area contributed by atoms with Crippen LogP contribution in [-0.4, -0.2) is 44.6 Å². The van der Waals surface area contributed by atoms with Gasteiger partial charge in [0.1, 0.15) is 0 Å². The van der Waals surface area contributed by atoms with Crippen LogP contribution >= 0.6 is 0 Å². The minimum atomic E-state index is -0.701. The Morgan fingerprint density at radius 1 is 1.08 bits per heavy atom. The van der Waals surface area contributed by atoms with Crippen molar-refractivity contribution in [2.75, 3.05) is 26.1 Å². The monoisotopic (exact) mass is 335 g/mol. The number of ether oxygens (including phenoxy) is 3. The van der Waals surface area contributed by atoms with Crippen molar-refractivity contribution in [3.8, 4) is 0 Å². The molecule has 0 aliphatic rings. The summed E-state index contributed by atoms with van der Waals surface area (Å²) in [6.07, 6.45) is 2.63. The van der Waals surface area contributed by atoms with Crippen LogP contribution < -0.4 is 5.32 Å². The summed E-state index contributed by atoms with van der Waals surface area (Å²) in [6, 6.07) is 3.95. The number of rotatable bonds is 6. The van der Waals surface area contributed by atoms with Crippen molar-refractivity contribution in [1.82, 2.24) is 0 Å². The van der Waals surface area contributed by atoms with Gasteiger partial charge in [-0.2, -0.15) is 0 Å². The van der Waals surface area contributed by atoms with Gasteiger partial charge in [-0.05, 0) is 25.1 Å². The molecule has 0 heterocycles. The van der Waals surface area contributed by atoms with Gasteiger partial charge in [-0.15, -0.1) is 0 Å². The molecule has 0 aliphatic heterocycles. The van der Waals surface area contributed by atoms with Crippen molar-refractivity contribution in [2.24, 2.45) is 0 Å². The largest absolute Gasteiger partial charge is 0.465 e. The van der Waals surface area contributed by atoms with E-state index >= 15 is 0 Å². The van der Waals surface area contributed by atoms with Gasteiger partial charge >= 0.3 is 17.9 Å². The van der Waals surface area contributed by atoms with Gasteiger partial charge < -0.3 is 19.5 Å². The van der Waals surface area contributed by atoms with Crippen LogP contribution in [0.4, 0.5) is 5.69 Å². The Kier molecular flexibility index (Phi) is 7.15. The molecule has 0 atom stereocenters. The molecule has 0 spiro atoms. The van der Waals surface area contributed by atoms with Crippen LogP contribution in [0.1, 0.15) is 27.6 Å². The van der Waals surface area contributed by atoms with Crippen molar-refractivity contribution in [3.63, 3.8) is 0 Å². The number of hydrogen-bond donors (Lipinski definition) is 1. The Bertz CT molecular complexity index is 679. The first kappa shape index (κ1) is 18.9. The van der Waals surface area contributed by atoms with Gasteiger partial charge in [0.05, 0.1) is 31.0 Å². The van der Waals surface area contributed by atoms with Crippen LogP contribution in [0.25, 0.3) is 0 Å². The highest BCUT2D eigenvalue weighted by Crippen LogP contribution is 2.19. The van der Waals surface area contributed by atoms with Gasteiger partial charge in [-0.25, -0.2) is 14.4 Å². The molecule has 24 heavy (non-hydrogen) atoms. The molecule has 0 saturated carbocycles. The lowest BCUT2D eigenvalue weighted by atomic mass is 10.1. The van der Waals surface area contributed by atoms with Crippen molar-refractivity contribution in [1.29, 1.82) is 0 Å². The summed E-state index contributed by atoms with van der Waals surface area (Å²) in [5, 5.41) is 2.39. The zero-order valence-electron chi connectivity index (χ0n) is 13.5. The molecule has 0 aliphatic carbocycles. The average molecular weight is 335 g/mol. The number of amides is 1. The molecule has 0 fully saturated rings. The maximum Gasteiger partial charge on any atom is 0.339 e. The van der Waals surface area contributed by atoms with E-state index in [9.17, 15) is 19.2 Å². The highest BCUT2D eigenvalue weighted by Gasteiger charge is 2.17. The Labute approximate surface area is 138 Å². The van der Waals surface area contributed by atoms with E-state index in [1.165, 1.54) is 38.5 Å². The Morgan fingerprint density at radius 3 is 2.33 bits per heavy atom. The summed E-state index contributed by atoms with van der Waals surface area (Å²) < 4.78 is 13.9. The summed E-state index contributed by atoms with van der Waals surface area (Å²) in [7, 11) is 2.39. The molecule has 1 N–H and O–H groups in total. The lowest BCUT2D eigenvalue weighted by molar-refractivity contribution is -0.142. The van der Waals surface area contributed by atoms with E-state index in [0.29, 0.717) is 0 Å². The predicted octanol–water partition coefficient (Wildman–Crippen LogP) is 1.32. The van der Waals surface area contributed by atoms with Crippen LogP contribution in [0, 0.1) is 0 Å². The molecule has 0 aromatic heterocycles. The molecular formula is C16H17NO7. The maximum atomic E-state index is 11.9. The molecule has 128 valence electrons. The summed E-state index contributed by atoms with van der Waals surface area (Å²) in [4.78, 5) is 46.3. The molecule has 1 amide bonds. The Balaban J connectivity index is 2.97. The molecular weight excluding hydrogens is 318 g/mol. The fraction of sp³-hybridized carbons (Fsp3) is 0.250. The number of esters is 3. The minimum absolute atomic E-state index is 0.0387. The molecule has 0 unspecified atom stereocenters. The fourth-order valence-corrected chi connectivity index (χ4v) is 1.69. The SMILES string of the molecule is CC=CC(=O)OCC(=O)Nc1cc(C(=O)OC)ccc1C(=O)OC. The maximum absolute atomic E-state index is 11.9. The number of methoxy groups -OCH3 is 2. The standard InChI is InChI=1S/C16H17NO7/c1-4-5-14(19)24-9-13(18)17-12-8-10(15(20)22-2)6-7-11(12)16(21)23-3/h4-8H,9H2,1-3H3,(H,17,18). The summed E-state index contributed by atoms with van der Waals surface area (Å²) in [6.45, 7) is 1.08. The van der Waals surface area contributed by atoms with E-state index in [0.717, 1.165) is 6.08 Å². The van der Waals surface area contributed by atoms with Gasteiger partial charge in [0.2, 0.25) is 0 Å². The quantitative estimate of drug-likeness (QED) is 0.474. The summed E-state index contributed by atoms with van der Waals surface area (Å²) in [5.41, 5.74) is 0.210. The number of carbonyl (C=O) groups excluding carboxylic acids is 4. The number of carbonyl (C=O) groups is 4. The lowest BCUT2D eigenvalue weighted by Gasteiger charge is -2.11. The van der Waals surface area contributed by atoms with Crippen LogP contribution in [0.5, 0.6) is 0 Å². The topological polar surface area (TPSA) is 108 Å². The molecule has 1 aromatic rings. The van der Waals surface area contributed by atoms with E-state index < -0.39 is 30.4 Å². The molecule has 1 aromatic carbocycles. The van der Waals surface area contributed by atoms with Gasteiger partial charge in [0.15, 0.2) is 6.61 Å². The normalized spacial score (nSPS) is 10.1. The highest BCUT2D eigenvalue weighted by atomic mass is 16.5. The van der Waals surface area contributed by atoms with E-state index in [-0.39, 0.29) is 16.8 Å². The van der Waals surface area contributed by atoms with Crippen LogP contribution in [-0.2, 0) is 23.8 Å². The average Bonchev–Trinajstić information content (AvgIpc) is 2.58. The summed E-state index contributed by atoms with van der Waals surface area (Å²) in [5.74, 6) is -2.70. The van der Waals surface area contributed by atoms with Crippen LogP contribution in [0.2, 0.25) is 0 Å². The lowest BCUT2D eigenvalue weighted by Crippen LogP contribution is -2.22. The highest BCUT2D eigenvalue weighted by molar-refractivity contribution is 6.04. The number of anilines is 1. The molecule has 8 nitrogen and oxygen atoms in total. The zero-order chi connectivity index (χ0) is 18.1. The van der Waals surface area contributed by atoms with Crippen molar-refractivity contribution in [3.05, 3.63) is 41.5 Å². The van der Waals surface area contributed by atoms with E-state index in [2.05, 4.69) is 14.8 Å². The molecule has 1 rings (SSSR count). The van der Waals surface area contributed by atoms with Crippen molar-refractivity contribution >= 4 is 29.5 Å². The first-order chi connectivity index (χ1) is 11.4. The van der Waals surface area contributed by atoms with E-state index in [4.69, 9.17) is 4.74 Å². The van der Waals surface area contributed by atoms with Crippen molar-refractivity contribution < 1.29 is 33.4 Å². The van der Waals surface area contributed by atoms with Crippen LogP contribution in [0.3, 0.4) is 0 Å². The first-order valence-electron chi connectivity index (χ1n) is 6.82. The molecule has 8 heteroatoms. The fourth-order valence-electron chi connectivity index (χ4n) is 1.69. The third-order valence-electron chi connectivity index (χ3n) is 2.77. The molecule has 0 radical (unpaired) electrons. The van der Waals surface area contributed by atoms with Gasteiger partial charge in [0, 0.05) is 6.08 Å². The number of nitrogens with one attached hydrogen (secondary N) is 1. The Morgan fingerprint density at radius 2 is 1.75 bits per heavy atom. The third kappa shape index (κ3) is 5.24. The minimum Gasteiger partial charge on any atom is -0.465 e.